The number of hydrogen-bond acceptors (Lipinski definition) is 10. The van der Waals surface area contributed by atoms with Crippen molar-refractivity contribution in [2.75, 3.05) is 21.3 Å². The number of rotatable bonds is 8. The highest BCUT2D eigenvalue weighted by molar-refractivity contribution is 9.10. The molecule has 264 valence electrons. The number of aryl methyl sites for hydroxylation is 2. The lowest BCUT2D eigenvalue weighted by Crippen LogP contribution is -2.29. The number of carbonyl (C=O) groups excluding carboxylic acids is 2. The van der Waals surface area contributed by atoms with E-state index >= 15 is 0 Å². The minimum absolute atomic E-state index is 0.0694. The lowest BCUT2D eigenvalue weighted by Gasteiger charge is -2.16. The van der Waals surface area contributed by atoms with Crippen molar-refractivity contribution in [2.24, 2.45) is 0 Å². The van der Waals surface area contributed by atoms with E-state index in [-0.39, 0.29) is 11.8 Å². The molecule has 0 saturated heterocycles. The van der Waals surface area contributed by atoms with Gasteiger partial charge >= 0.3 is 7.12 Å². The van der Waals surface area contributed by atoms with Crippen LogP contribution in [0, 0.1) is 13.8 Å². The SMILES string of the molecule is CC(=O)Nc1ccc(-c2cnc(C)nc2NC2CCCC2)cc1.CC(=O)Nc1ccc(B(O)O)cc1.Cc1ncc(Br)c(NC2CCCC2)n1. The molecule has 0 radical (unpaired) electrons. The zero-order chi connectivity index (χ0) is 36.0. The molecule has 2 fully saturated rings. The second-order valence-corrected chi connectivity index (χ2v) is 13.3. The van der Waals surface area contributed by atoms with Crippen molar-refractivity contribution in [3.63, 3.8) is 0 Å². The Morgan fingerprint density at radius 2 is 1.14 bits per heavy atom. The van der Waals surface area contributed by atoms with Crippen LogP contribution in [0.4, 0.5) is 23.0 Å². The second-order valence-electron chi connectivity index (χ2n) is 12.5. The van der Waals surface area contributed by atoms with Crippen molar-refractivity contribution in [3.05, 3.63) is 77.0 Å². The lowest BCUT2D eigenvalue weighted by atomic mass is 9.80. The number of aromatic nitrogens is 4. The van der Waals surface area contributed by atoms with Gasteiger partial charge < -0.3 is 31.3 Å². The average Bonchev–Trinajstić information content (AvgIpc) is 3.79. The first-order valence-corrected chi connectivity index (χ1v) is 17.7. The van der Waals surface area contributed by atoms with E-state index in [4.69, 9.17) is 10.0 Å². The standard InChI is InChI=1S/C18H22N4O.C10H14BrN3.C8H10BNO3/c1-12-19-11-17(18(20-12)22-15-5-3-4-6-15)14-7-9-16(10-8-14)21-13(2)23;1-7-12-6-9(11)10(13-7)14-8-4-2-3-5-8;1-6(11)10-8-4-2-7(3-5-8)9(12)13/h7-11,15H,3-6H2,1-2H3,(H,21,23)(H,19,20,22);6,8H,2-5H2,1H3,(H,12,13,14);2-5,12-13H,1H3,(H,10,11). The fraction of sp³-hybridized carbons (Fsp3) is 0.389. The second kappa shape index (κ2) is 19.1. The minimum atomic E-state index is -1.47. The van der Waals surface area contributed by atoms with E-state index in [1.54, 1.807) is 18.3 Å². The minimum Gasteiger partial charge on any atom is -0.423 e. The molecule has 6 rings (SSSR count). The van der Waals surface area contributed by atoms with E-state index in [0.717, 1.165) is 44.6 Å². The fourth-order valence-electron chi connectivity index (χ4n) is 5.75. The van der Waals surface area contributed by atoms with E-state index in [1.165, 1.54) is 77.3 Å². The normalized spacial score (nSPS) is 14.1. The fourth-order valence-corrected chi connectivity index (χ4v) is 6.06. The zero-order valence-corrected chi connectivity index (χ0v) is 30.6. The summed E-state index contributed by atoms with van der Waals surface area (Å²) in [5.74, 6) is 3.19. The first kappa shape index (κ1) is 38.4. The van der Waals surface area contributed by atoms with Crippen LogP contribution < -0.4 is 26.7 Å². The van der Waals surface area contributed by atoms with Gasteiger partial charge in [-0.2, -0.15) is 0 Å². The number of nitrogens with one attached hydrogen (secondary N) is 4. The zero-order valence-electron chi connectivity index (χ0n) is 29.0. The maximum Gasteiger partial charge on any atom is 0.488 e. The van der Waals surface area contributed by atoms with E-state index in [9.17, 15) is 9.59 Å². The van der Waals surface area contributed by atoms with Gasteiger partial charge in [0.05, 0.1) is 4.47 Å². The summed E-state index contributed by atoms with van der Waals surface area (Å²) in [5.41, 5.74) is 3.86. The van der Waals surface area contributed by atoms with Gasteiger partial charge in [0.2, 0.25) is 11.8 Å². The Kier molecular flexibility index (Phi) is 14.7. The predicted molar refractivity (Wildman–Crippen MR) is 203 cm³/mol. The molecular formula is C36H46BBrN8O4. The third-order valence-corrected chi connectivity index (χ3v) is 8.79. The summed E-state index contributed by atoms with van der Waals surface area (Å²) >= 11 is 3.45. The largest absolute Gasteiger partial charge is 0.488 e. The van der Waals surface area contributed by atoms with E-state index in [2.05, 4.69) is 57.1 Å². The van der Waals surface area contributed by atoms with Crippen LogP contribution in [-0.2, 0) is 9.59 Å². The summed E-state index contributed by atoms with van der Waals surface area (Å²) < 4.78 is 0.954. The number of anilines is 4. The highest BCUT2D eigenvalue weighted by Crippen LogP contribution is 2.30. The van der Waals surface area contributed by atoms with Crippen LogP contribution in [0.1, 0.15) is 76.9 Å². The first-order chi connectivity index (χ1) is 24.0. The first-order valence-electron chi connectivity index (χ1n) is 16.9. The Bertz CT molecular complexity index is 1700. The highest BCUT2D eigenvalue weighted by atomic mass is 79.9. The van der Waals surface area contributed by atoms with Gasteiger partial charge in [-0.3, -0.25) is 9.59 Å². The highest BCUT2D eigenvalue weighted by Gasteiger charge is 2.18. The van der Waals surface area contributed by atoms with Crippen molar-refractivity contribution in [1.29, 1.82) is 0 Å². The molecule has 0 spiro atoms. The van der Waals surface area contributed by atoms with Crippen molar-refractivity contribution in [1.82, 2.24) is 19.9 Å². The Morgan fingerprint density at radius 1 is 0.700 bits per heavy atom. The van der Waals surface area contributed by atoms with Gasteiger partial charge in [0.1, 0.15) is 23.3 Å². The van der Waals surface area contributed by atoms with Gasteiger partial charge in [-0.1, -0.05) is 49.9 Å². The quantitative estimate of drug-likeness (QED) is 0.118. The Morgan fingerprint density at radius 3 is 1.62 bits per heavy atom. The molecule has 2 heterocycles. The van der Waals surface area contributed by atoms with Crippen molar-refractivity contribution < 1.29 is 19.6 Å². The molecule has 2 aromatic carbocycles. The van der Waals surface area contributed by atoms with E-state index in [1.807, 2.05) is 44.3 Å². The molecule has 6 N–H and O–H groups in total. The van der Waals surface area contributed by atoms with Gasteiger partial charge in [-0.05, 0) is 90.8 Å². The van der Waals surface area contributed by atoms with Crippen LogP contribution in [0.25, 0.3) is 11.1 Å². The van der Waals surface area contributed by atoms with Crippen molar-refractivity contribution in [2.45, 2.75) is 91.1 Å². The number of nitrogens with zero attached hydrogens (tertiary/aromatic N) is 4. The predicted octanol–water partition coefficient (Wildman–Crippen LogP) is 5.99. The monoisotopic (exact) mass is 744 g/mol. The van der Waals surface area contributed by atoms with Crippen molar-refractivity contribution >= 4 is 63.3 Å². The third kappa shape index (κ3) is 12.5. The maximum atomic E-state index is 11.1. The van der Waals surface area contributed by atoms with Gasteiger partial charge in [0.15, 0.2) is 0 Å². The van der Waals surface area contributed by atoms with E-state index in [0.29, 0.717) is 23.2 Å². The van der Waals surface area contributed by atoms with Gasteiger partial charge in [-0.25, -0.2) is 19.9 Å². The molecule has 2 saturated carbocycles. The molecule has 2 aliphatic rings. The number of hydrogen-bond donors (Lipinski definition) is 6. The summed E-state index contributed by atoms with van der Waals surface area (Å²) in [4.78, 5) is 39.1. The summed E-state index contributed by atoms with van der Waals surface area (Å²) in [6.07, 6.45) is 13.8. The van der Waals surface area contributed by atoms with Crippen LogP contribution in [0.5, 0.6) is 0 Å². The molecule has 12 nitrogen and oxygen atoms in total. The third-order valence-electron chi connectivity index (χ3n) is 8.21. The van der Waals surface area contributed by atoms with Crippen LogP contribution >= 0.6 is 15.9 Å². The molecule has 2 amide bonds. The Hall–Kier alpha value is -4.40. The number of amides is 2. The number of carbonyl (C=O) groups is 2. The van der Waals surface area contributed by atoms with Gasteiger partial charge in [0.25, 0.3) is 0 Å². The van der Waals surface area contributed by atoms with Crippen LogP contribution in [-0.4, -0.2) is 61.0 Å². The summed E-state index contributed by atoms with van der Waals surface area (Å²) in [6.45, 7) is 6.73. The summed E-state index contributed by atoms with van der Waals surface area (Å²) in [5, 5.41) is 29.9. The van der Waals surface area contributed by atoms with Crippen LogP contribution in [0.2, 0.25) is 0 Å². The topological polar surface area (TPSA) is 174 Å². The molecule has 4 aromatic rings. The van der Waals surface area contributed by atoms with E-state index < -0.39 is 7.12 Å². The number of benzene rings is 2. The Labute approximate surface area is 302 Å². The van der Waals surface area contributed by atoms with Gasteiger partial charge in [-0.15, -0.1) is 0 Å². The molecule has 0 unspecified atom stereocenters. The van der Waals surface area contributed by atoms with Crippen LogP contribution in [0.3, 0.4) is 0 Å². The molecule has 0 aliphatic heterocycles. The smallest absolute Gasteiger partial charge is 0.423 e. The molecule has 2 aromatic heterocycles. The average molecular weight is 746 g/mol. The molecular weight excluding hydrogens is 699 g/mol. The van der Waals surface area contributed by atoms with Crippen molar-refractivity contribution in [3.8, 4) is 11.1 Å². The number of halogens is 1. The molecule has 50 heavy (non-hydrogen) atoms. The van der Waals surface area contributed by atoms with Gasteiger partial charge in [0, 0.05) is 55.3 Å². The maximum absolute atomic E-state index is 11.1. The lowest BCUT2D eigenvalue weighted by molar-refractivity contribution is -0.115. The summed E-state index contributed by atoms with van der Waals surface area (Å²) in [6, 6.07) is 15.2. The molecule has 0 bridgehead atoms. The summed E-state index contributed by atoms with van der Waals surface area (Å²) in [7, 11) is -1.47. The van der Waals surface area contributed by atoms with Crippen LogP contribution in [0.15, 0.2) is 65.4 Å². The molecule has 0 atom stereocenters. The molecule has 2 aliphatic carbocycles. The Balaban J connectivity index is 0.000000180. The molecule has 14 heteroatoms.